The Balaban J connectivity index is 1.52. The summed E-state index contributed by atoms with van der Waals surface area (Å²) in [5.74, 6) is 0.198. The molecule has 1 fully saturated rings. The number of amides is 1. The predicted octanol–water partition coefficient (Wildman–Crippen LogP) is 4.24. The largest absolute Gasteiger partial charge is 0.508 e. The van der Waals surface area contributed by atoms with Gasteiger partial charge >= 0.3 is 0 Å². The average Bonchev–Trinajstić information content (AvgIpc) is 2.60. The minimum atomic E-state index is -0.175. The number of hydrogen-bond acceptors (Lipinski definition) is 3. The molecule has 2 N–H and O–H groups in total. The number of hydrogen-bond donors (Lipinski definition) is 2. The first-order chi connectivity index (χ1) is 12.0. The van der Waals surface area contributed by atoms with Gasteiger partial charge in [-0.15, -0.1) is 0 Å². The zero-order chi connectivity index (χ0) is 17.8. The van der Waals surface area contributed by atoms with E-state index in [1.165, 1.54) is 23.8 Å². The van der Waals surface area contributed by atoms with Crippen LogP contribution in [0.1, 0.15) is 35.2 Å². The van der Waals surface area contributed by atoms with Gasteiger partial charge in [0.15, 0.2) is 0 Å². The van der Waals surface area contributed by atoms with Crippen molar-refractivity contribution in [2.75, 3.05) is 13.1 Å². The monoisotopic (exact) mass is 359 g/mol. The van der Waals surface area contributed by atoms with Gasteiger partial charge in [0, 0.05) is 24.2 Å². The van der Waals surface area contributed by atoms with Crippen LogP contribution in [0.25, 0.3) is 0 Å². The third-order valence-corrected chi connectivity index (χ3v) is 5.08. The van der Waals surface area contributed by atoms with Gasteiger partial charge in [-0.2, -0.15) is 0 Å². The van der Waals surface area contributed by atoms with E-state index in [9.17, 15) is 15.0 Å². The van der Waals surface area contributed by atoms with Gasteiger partial charge in [0.25, 0.3) is 5.91 Å². The Bertz CT molecular complexity index is 754. The number of halogens is 1. The topological polar surface area (TPSA) is 60.8 Å². The van der Waals surface area contributed by atoms with Gasteiger partial charge in [-0.3, -0.25) is 4.79 Å². The van der Waals surface area contributed by atoms with Gasteiger partial charge in [-0.25, -0.2) is 0 Å². The number of piperidine rings is 1. The van der Waals surface area contributed by atoms with Gasteiger partial charge in [0.1, 0.15) is 11.5 Å². The third kappa shape index (κ3) is 4.45. The maximum absolute atomic E-state index is 12.5. The van der Waals surface area contributed by atoms with Crippen molar-refractivity contribution in [3.05, 3.63) is 58.6 Å². The molecule has 1 amide bonds. The number of likely N-dealkylation sites (tertiary alicyclic amines) is 1. The van der Waals surface area contributed by atoms with Crippen LogP contribution >= 0.6 is 11.6 Å². The minimum absolute atomic E-state index is 0.0474. The van der Waals surface area contributed by atoms with Crippen LogP contribution in [0.5, 0.6) is 11.5 Å². The summed E-state index contributed by atoms with van der Waals surface area (Å²) in [4.78, 5) is 14.3. The summed E-state index contributed by atoms with van der Waals surface area (Å²) in [5.41, 5.74) is 1.50. The quantitative estimate of drug-likeness (QED) is 0.858. The highest BCUT2D eigenvalue weighted by atomic mass is 35.5. The van der Waals surface area contributed by atoms with E-state index in [1.54, 1.807) is 4.90 Å². The fourth-order valence-corrected chi connectivity index (χ4v) is 3.57. The molecule has 1 aliphatic heterocycles. The lowest BCUT2D eigenvalue weighted by Crippen LogP contribution is -2.38. The zero-order valence-corrected chi connectivity index (χ0v) is 14.7. The molecule has 0 unspecified atom stereocenters. The number of benzene rings is 2. The summed E-state index contributed by atoms with van der Waals surface area (Å²) in [6.07, 6.45) is 4.01. The molecular weight excluding hydrogens is 338 g/mol. The summed E-state index contributed by atoms with van der Waals surface area (Å²) >= 11 is 6.02. The normalized spacial score (nSPS) is 15.3. The maximum Gasteiger partial charge on any atom is 0.257 e. The molecule has 132 valence electrons. The molecule has 2 aromatic rings. The van der Waals surface area contributed by atoms with E-state index in [0.29, 0.717) is 19.0 Å². The molecule has 0 saturated carbocycles. The fraction of sp³-hybridized carbons (Fsp3) is 0.350. The van der Waals surface area contributed by atoms with E-state index in [-0.39, 0.29) is 23.0 Å². The summed E-state index contributed by atoms with van der Waals surface area (Å²) < 4.78 is 0. The highest BCUT2D eigenvalue weighted by Gasteiger charge is 2.25. The van der Waals surface area contributed by atoms with E-state index in [4.69, 9.17) is 11.6 Å². The minimum Gasteiger partial charge on any atom is -0.508 e. The number of aromatic hydroxyl groups is 2. The van der Waals surface area contributed by atoms with Gasteiger partial charge in [0.2, 0.25) is 0 Å². The lowest BCUT2D eigenvalue weighted by molar-refractivity contribution is 0.0684. The van der Waals surface area contributed by atoms with Crippen LogP contribution in [0, 0.1) is 5.92 Å². The van der Waals surface area contributed by atoms with Crippen LogP contribution in [0.15, 0.2) is 42.5 Å². The second-order valence-electron chi connectivity index (χ2n) is 6.61. The second kappa shape index (κ2) is 7.79. The molecule has 0 aliphatic carbocycles. The van der Waals surface area contributed by atoms with Crippen molar-refractivity contribution in [1.82, 2.24) is 4.90 Å². The zero-order valence-electron chi connectivity index (χ0n) is 14.0. The summed E-state index contributed by atoms with van der Waals surface area (Å²) in [5, 5.41) is 20.0. The molecule has 0 atom stereocenters. The van der Waals surface area contributed by atoms with Crippen LogP contribution in [0.4, 0.5) is 0 Å². The van der Waals surface area contributed by atoms with E-state index in [0.717, 1.165) is 30.7 Å². The van der Waals surface area contributed by atoms with E-state index in [2.05, 4.69) is 6.07 Å². The first-order valence-corrected chi connectivity index (χ1v) is 8.96. The molecule has 25 heavy (non-hydrogen) atoms. The fourth-order valence-electron chi connectivity index (χ4n) is 3.36. The molecule has 2 aromatic carbocycles. The molecule has 5 heteroatoms. The Kier molecular flexibility index (Phi) is 5.49. The summed E-state index contributed by atoms with van der Waals surface area (Å²) in [6, 6.07) is 12.1. The predicted molar refractivity (Wildman–Crippen MR) is 98.2 cm³/mol. The number of aryl methyl sites for hydroxylation is 1. The number of rotatable bonds is 4. The van der Waals surface area contributed by atoms with Crippen molar-refractivity contribution in [3.63, 3.8) is 0 Å². The van der Waals surface area contributed by atoms with Crippen LogP contribution in [0.2, 0.25) is 5.02 Å². The Morgan fingerprint density at radius 2 is 1.88 bits per heavy atom. The SMILES string of the molecule is O=C(c1ccc(O)cc1O)N1CCC(CCc2cccc(Cl)c2)CC1. The number of phenolic OH excluding ortho intramolecular Hbond substituents is 2. The molecule has 0 aromatic heterocycles. The molecular formula is C20H22ClNO3. The standard InChI is InChI=1S/C20H22ClNO3/c21-16-3-1-2-15(12-16)5-4-14-8-10-22(11-9-14)20(25)18-7-6-17(23)13-19(18)24/h1-3,6-7,12-14,23-24H,4-5,8-11H2. The Hall–Kier alpha value is -2.20. The molecule has 1 aliphatic rings. The maximum atomic E-state index is 12.5. The van der Waals surface area contributed by atoms with Crippen molar-refractivity contribution in [3.8, 4) is 11.5 Å². The van der Waals surface area contributed by atoms with Crippen molar-refractivity contribution < 1.29 is 15.0 Å². The molecule has 0 radical (unpaired) electrons. The summed E-state index contributed by atoms with van der Waals surface area (Å²) in [6.45, 7) is 1.39. The Morgan fingerprint density at radius 3 is 2.56 bits per heavy atom. The second-order valence-corrected chi connectivity index (χ2v) is 7.04. The molecule has 0 bridgehead atoms. The van der Waals surface area contributed by atoms with Crippen molar-refractivity contribution in [1.29, 1.82) is 0 Å². The van der Waals surface area contributed by atoms with Gasteiger partial charge in [0.05, 0.1) is 5.56 Å². The van der Waals surface area contributed by atoms with Crippen LogP contribution in [-0.2, 0) is 6.42 Å². The number of nitrogens with zero attached hydrogens (tertiary/aromatic N) is 1. The Morgan fingerprint density at radius 1 is 1.12 bits per heavy atom. The lowest BCUT2D eigenvalue weighted by atomic mass is 9.90. The van der Waals surface area contributed by atoms with E-state index >= 15 is 0 Å². The lowest BCUT2D eigenvalue weighted by Gasteiger charge is -2.32. The first-order valence-electron chi connectivity index (χ1n) is 8.58. The van der Waals surface area contributed by atoms with Crippen molar-refractivity contribution in [2.24, 2.45) is 5.92 Å². The number of carbonyl (C=O) groups excluding carboxylic acids is 1. The number of phenols is 2. The molecule has 0 spiro atoms. The third-order valence-electron chi connectivity index (χ3n) is 4.84. The van der Waals surface area contributed by atoms with Crippen LogP contribution in [-0.4, -0.2) is 34.1 Å². The van der Waals surface area contributed by atoms with E-state index in [1.807, 2.05) is 18.2 Å². The van der Waals surface area contributed by atoms with Crippen LogP contribution < -0.4 is 0 Å². The average molecular weight is 360 g/mol. The van der Waals surface area contributed by atoms with Gasteiger partial charge < -0.3 is 15.1 Å². The van der Waals surface area contributed by atoms with Crippen molar-refractivity contribution in [2.45, 2.75) is 25.7 Å². The number of carbonyl (C=O) groups is 1. The highest BCUT2D eigenvalue weighted by molar-refractivity contribution is 6.30. The van der Waals surface area contributed by atoms with Gasteiger partial charge in [-0.1, -0.05) is 23.7 Å². The molecule has 4 nitrogen and oxygen atoms in total. The van der Waals surface area contributed by atoms with Crippen molar-refractivity contribution >= 4 is 17.5 Å². The smallest absolute Gasteiger partial charge is 0.257 e. The first kappa shape index (κ1) is 17.6. The molecule has 1 saturated heterocycles. The molecule has 1 heterocycles. The van der Waals surface area contributed by atoms with E-state index < -0.39 is 0 Å². The van der Waals surface area contributed by atoms with Gasteiger partial charge in [-0.05, 0) is 61.4 Å². The Labute approximate surface area is 152 Å². The molecule has 3 rings (SSSR count). The highest BCUT2D eigenvalue weighted by Crippen LogP contribution is 2.27. The van der Waals surface area contributed by atoms with Crippen LogP contribution in [0.3, 0.4) is 0 Å². The summed E-state index contributed by atoms with van der Waals surface area (Å²) in [7, 11) is 0.